The number of hydrogen-bond donors (Lipinski definition) is 1. The van der Waals surface area contributed by atoms with Gasteiger partial charge in [-0.1, -0.05) is 13.8 Å². The Kier molecular flexibility index (Phi) is 5.85. The fourth-order valence-corrected chi connectivity index (χ4v) is 3.58. The third kappa shape index (κ3) is 3.95. The van der Waals surface area contributed by atoms with Crippen molar-refractivity contribution in [3.05, 3.63) is 22.8 Å². The Morgan fingerprint density at radius 1 is 1.40 bits per heavy atom. The summed E-state index contributed by atoms with van der Waals surface area (Å²) in [5, 5.41) is 3.98. The number of fused-ring (bicyclic) bond motifs is 1. The Hall–Kier alpha value is -0.610. The zero-order chi connectivity index (χ0) is 14.5. The van der Waals surface area contributed by atoms with Gasteiger partial charge in [-0.05, 0) is 57.7 Å². The topological polar surface area (TPSA) is 37.8 Å². The number of rotatable bonds is 6. The van der Waals surface area contributed by atoms with Gasteiger partial charge in [0, 0.05) is 16.6 Å². The molecule has 112 valence electrons. The summed E-state index contributed by atoms with van der Waals surface area (Å²) in [4.78, 5) is 9.56. The normalized spacial score (nSPS) is 19.7. The summed E-state index contributed by atoms with van der Waals surface area (Å²) in [6.45, 7) is 7.76. The third-order valence-corrected chi connectivity index (χ3v) is 5.52. The van der Waals surface area contributed by atoms with Crippen LogP contribution in [0.25, 0.3) is 0 Å². The van der Waals surface area contributed by atoms with Crippen molar-refractivity contribution in [2.24, 2.45) is 5.92 Å². The molecule has 0 amide bonds. The highest BCUT2D eigenvalue weighted by Gasteiger charge is 2.22. The largest absolute Gasteiger partial charge is 0.319 e. The molecule has 0 saturated carbocycles. The number of nitrogens with zero attached hydrogens (tertiary/aromatic N) is 2. The second-order valence-electron chi connectivity index (χ2n) is 5.85. The first kappa shape index (κ1) is 15.8. The van der Waals surface area contributed by atoms with Crippen molar-refractivity contribution in [1.29, 1.82) is 0 Å². The molecule has 2 unspecified atom stereocenters. The third-order valence-electron chi connectivity index (χ3n) is 4.19. The lowest BCUT2D eigenvalue weighted by atomic mass is 9.86. The van der Waals surface area contributed by atoms with Gasteiger partial charge in [0.2, 0.25) is 0 Å². The summed E-state index contributed by atoms with van der Waals surface area (Å²) in [6.07, 6.45) is 4.72. The standard InChI is InChI=1S/C16H27N3S/c1-5-11(2)20-10-16-18-12(3)14-8-13(9-17-4)6-7-15(14)19-16/h11,13,17H,5-10H2,1-4H3. The Morgan fingerprint density at radius 3 is 2.90 bits per heavy atom. The molecule has 2 rings (SSSR count). The Morgan fingerprint density at radius 2 is 2.20 bits per heavy atom. The van der Waals surface area contributed by atoms with Crippen molar-refractivity contribution >= 4 is 11.8 Å². The first-order chi connectivity index (χ1) is 9.63. The molecule has 1 N–H and O–H groups in total. The maximum Gasteiger partial charge on any atom is 0.138 e. The maximum atomic E-state index is 4.82. The summed E-state index contributed by atoms with van der Waals surface area (Å²) in [5.74, 6) is 2.72. The van der Waals surface area contributed by atoms with Crippen molar-refractivity contribution in [3.8, 4) is 0 Å². The van der Waals surface area contributed by atoms with Gasteiger partial charge in [-0.25, -0.2) is 9.97 Å². The van der Waals surface area contributed by atoms with Crippen molar-refractivity contribution in [3.63, 3.8) is 0 Å². The predicted molar refractivity (Wildman–Crippen MR) is 87.3 cm³/mol. The number of hydrogen-bond acceptors (Lipinski definition) is 4. The molecule has 0 spiro atoms. The van der Waals surface area contributed by atoms with Crippen LogP contribution in [0.3, 0.4) is 0 Å². The molecule has 20 heavy (non-hydrogen) atoms. The molecule has 0 bridgehead atoms. The van der Waals surface area contributed by atoms with E-state index in [2.05, 4.69) is 26.1 Å². The van der Waals surface area contributed by atoms with Gasteiger partial charge in [0.1, 0.15) is 5.82 Å². The maximum absolute atomic E-state index is 4.82. The number of aromatic nitrogens is 2. The van der Waals surface area contributed by atoms with E-state index in [1.54, 1.807) is 0 Å². The van der Waals surface area contributed by atoms with Crippen LogP contribution < -0.4 is 5.32 Å². The summed E-state index contributed by atoms with van der Waals surface area (Å²) >= 11 is 1.96. The summed E-state index contributed by atoms with van der Waals surface area (Å²) in [5.41, 5.74) is 3.92. The van der Waals surface area contributed by atoms with E-state index in [-0.39, 0.29) is 0 Å². The first-order valence-electron chi connectivity index (χ1n) is 7.75. The minimum atomic E-state index is 0.690. The van der Waals surface area contributed by atoms with Crippen LogP contribution in [0.4, 0.5) is 0 Å². The van der Waals surface area contributed by atoms with Crippen LogP contribution in [-0.2, 0) is 18.6 Å². The zero-order valence-electron chi connectivity index (χ0n) is 13.2. The van der Waals surface area contributed by atoms with Gasteiger partial charge in [0.25, 0.3) is 0 Å². The van der Waals surface area contributed by atoms with Crippen molar-refractivity contribution in [1.82, 2.24) is 15.3 Å². The smallest absolute Gasteiger partial charge is 0.138 e. The number of aryl methyl sites for hydroxylation is 2. The highest BCUT2D eigenvalue weighted by Crippen LogP contribution is 2.27. The first-order valence-corrected chi connectivity index (χ1v) is 8.80. The fourth-order valence-electron chi connectivity index (χ4n) is 2.78. The monoisotopic (exact) mass is 293 g/mol. The molecule has 0 saturated heterocycles. The van der Waals surface area contributed by atoms with Crippen LogP contribution in [0, 0.1) is 12.8 Å². The fraction of sp³-hybridized carbons (Fsp3) is 0.750. The SMILES string of the molecule is CCC(C)SCc1nc(C)c2c(n1)CCC(CNC)C2. The quantitative estimate of drug-likeness (QED) is 0.874. The second kappa shape index (κ2) is 7.41. The van der Waals surface area contributed by atoms with Gasteiger partial charge < -0.3 is 5.32 Å². The van der Waals surface area contributed by atoms with Gasteiger partial charge in [-0.3, -0.25) is 0 Å². The van der Waals surface area contributed by atoms with Crippen molar-refractivity contribution in [2.75, 3.05) is 13.6 Å². The summed E-state index contributed by atoms with van der Waals surface area (Å²) in [7, 11) is 2.04. The van der Waals surface area contributed by atoms with Gasteiger partial charge >= 0.3 is 0 Å². The predicted octanol–water partition coefficient (Wildman–Crippen LogP) is 3.14. The molecule has 2 atom stereocenters. The minimum absolute atomic E-state index is 0.690. The van der Waals surface area contributed by atoms with Crippen molar-refractivity contribution < 1.29 is 0 Å². The highest BCUT2D eigenvalue weighted by molar-refractivity contribution is 7.99. The van der Waals surface area contributed by atoms with E-state index in [9.17, 15) is 0 Å². The second-order valence-corrected chi connectivity index (χ2v) is 7.27. The van der Waals surface area contributed by atoms with Crippen LogP contribution in [-0.4, -0.2) is 28.8 Å². The highest BCUT2D eigenvalue weighted by atomic mass is 32.2. The zero-order valence-corrected chi connectivity index (χ0v) is 14.0. The number of nitrogens with one attached hydrogen (secondary N) is 1. The lowest BCUT2D eigenvalue weighted by Crippen LogP contribution is -2.26. The van der Waals surface area contributed by atoms with E-state index in [0.29, 0.717) is 5.25 Å². The Balaban J connectivity index is 2.08. The average molecular weight is 293 g/mol. The molecule has 1 aliphatic carbocycles. The van der Waals surface area contributed by atoms with Crippen LogP contribution in [0.1, 0.15) is 49.5 Å². The lowest BCUT2D eigenvalue weighted by molar-refractivity contribution is 0.432. The van der Waals surface area contributed by atoms with Crippen LogP contribution in [0.5, 0.6) is 0 Å². The summed E-state index contributed by atoms with van der Waals surface area (Å²) in [6, 6.07) is 0. The van der Waals surface area contributed by atoms with Crippen LogP contribution in [0.2, 0.25) is 0 Å². The van der Waals surface area contributed by atoms with E-state index in [0.717, 1.165) is 36.9 Å². The minimum Gasteiger partial charge on any atom is -0.319 e. The molecule has 1 heterocycles. The summed E-state index contributed by atoms with van der Waals surface area (Å²) < 4.78 is 0. The van der Waals surface area contributed by atoms with Crippen LogP contribution in [0.15, 0.2) is 0 Å². The van der Waals surface area contributed by atoms with Gasteiger partial charge in [-0.2, -0.15) is 11.8 Å². The van der Waals surface area contributed by atoms with E-state index in [1.165, 1.54) is 29.8 Å². The molecule has 1 aromatic rings. The van der Waals surface area contributed by atoms with E-state index in [1.807, 2.05) is 18.8 Å². The number of thioether (sulfide) groups is 1. The lowest BCUT2D eigenvalue weighted by Gasteiger charge is -2.25. The average Bonchev–Trinajstić information content (AvgIpc) is 2.45. The van der Waals surface area contributed by atoms with E-state index in [4.69, 9.17) is 9.97 Å². The molecule has 0 fully saturated rings. The molecule has 0 radical (unpaired) electrons. The molecule has 1 aromatic heterocycles. The van der Waals surface area contributed by atoms with Gasteiger partial charge in [0.15, 0.2) is 0 Å². The van der Waals surface area contributed by atoms with Gasteiger partial charge in [0.05, 0.1) is 5.75 Å². The van der Waals surface area contributed by atoms with E-state index >= 15 is 0 Å². The van der Waals surface area contributed by atoms with Crippen molar-refractivity contribution in [2.45, 2.75) is 57.5 Å². The molecule has 4 heteroatoms. The molecular weight excluding hydrogens is 266 g/mol. The molecule has 1 aliphatic rings. The van der Waals surface area contributed by atoms with E-state index < -0.39 is 0 Å². The Bertz CT molecular complexity index is 448. The van der Waals surface area contributed by atoms with Gasteiger partial charge in [-0.15, -0.1) is 0 Å². The van der Waals surface area contributed by atoms with Crippen LogP contribution >= 0.6 is 11.8 Å². The molecule has 0 aromatic carbocycles. The molecular formula is C16H27N3S. The molecule has 3 nitrogen and oxygen atoms in total. The molecule has 0 aliphatic heterocycles. The Labute approximate surface area is 127 Å².